The molecule has 0 heterocycles. The number of rotatable bonds is 4. The number of benzene rings is 1. The van der Waals surface area contributed by atoms with Crippen LogP contribution in [0, 0.1) is 0 Å². The highest BCUT2D eigenvalue weighted by Crippen LogP contribution is 2.21. The summed E-state index contributed by atoms with van der Waals surface area (Å²) in [7, 11) is 1.58. The summed E-state index contributed by atoms with van der Waals surface area (Å²) in [5.74, 6) is 0.198. The Kier molecular flexibility index (Phi) is 3.31. The molecular formula is C11H16N2O2. The van der Waals surface area contributed by atoms with Crippen molar-refractivity contribution in [3.8, 4) is 5.75 Å². The predicted molar refractivity (Wildman–Crippen MR) is 58.5 cm³/mol. The molecule has 0 aliphatic rings. The van der Waals surface area contributed by atoms with Crippen molar-refractivity contribution >= 4 is 5.91 Å². The number of nitrogens with two attached hydrogens (primary N) is 2. The first-order chi connectivity index (χ1) is 6.97. The Labute approximate surface area is 89.2 Å². The lowest BCUT2D eigenvalue weighted by atomic mass is 9.93. The molecule has 1 atom stereocenters. The zero-order valence-electron chi connectivity index (χ0n) is 8.99. The fourth-order valence-corrected chi connectivity index (χ4v) is 1.33. The molecule has 0 radical (unpaired) electrons. The summed E-state index contributed by atoms with van der Waals surface area (Å²) in [4.78, 5) is 11.1. The van der Waals surface area contributed by atoms with Gasteiger partial charge in [-0.2, -0.15) is 0 Å². The van der Waals surface area contributed by atoms with Crippen LogP contribution in [-0.2, 0) is 11.2 Å². The molecule has 0 aliphatic heterocycles. The third kappa shape index (κ3) is 2.70. The van der Waals surface area contributed by atoms with E-state index < -0.39 is 11.4 Å². The zero-order chi connectivity index (χ0) is 11.5. The van der Waals surface area contributed by atoms with E-state index in [0.29, 0.717) is 6.42 Å². The second kappa shape index (κ2) is 4.31. The first kappa shape index (κ1) is 11.5. The Morgan fingerprint density at radius 2 is 2.07 bits per heavy atom. The van der Waals surface area contributed by atoms with Crippen LogP contribution in [-0.4, -0.2) is 18.6 Å². The zero-order valence-corrected chi connectivity index (χ0v) is 8.99. The van der Waals surface area contributed by atoms with Gasteiger partial charge in [-0.3, -0.25) is 4.79 Å². The molecule has 0 spiro atoms. The predicted octanol–water partition coefficient (Wildman–Crippen LogP) is 0.440. The van der Waals surface area contributed by atoms with Crippen LogP contribution < -0.4 is 16.2 Å². The third-order valence-corrected chi connectivity index (χ3v) is 2.31. The fourth-order valence-electron chi connectivity index (χ4n) is 1.33. The maximum atomic E-state index is 11.1. The largest absolute Gasteiger partial charge is 0.496 e. The molecule has 0 bridgehead atoms. The lowest BCUT2D eigenvalue weighted by Gasteiger charge is -2.21. The highest BCUT2D eigenvalue weighted by Gasteiger charge is 2.27. The highest BCUT2D eigenvalue weighted by atomic mass is 16.5. The quantitative estimate of drug-likeness (QED) is 0.753. The monoisotopic (exact) mass is 208 g/mol. The molecule has 1 aromatic rings. The van der Waals surface area contributed by atoms with Crippen LogP contribution in [0.2, 0.25) is 0 Å². The van der Waals surface area contributed by atoms with Gasteiger partial charge in [0.15, 0.2) is 0 Å². The fraction of sp³-hybridized carbons (Fsp3) is 0.364. The van der Waals surface area contributed by atoms with Crippen molar-refractivity contribution in [3.63, 3.8) is 0 Å². The Balaban J connectivity index is 2.94. The van der Waals surface area contributed by atoms with Crippen molar-refractivity contribution in [1.82, 2.24) is 0 Å². The van der Waals surface area contributed by atoms with E-state index in [1.165, 1.54) is 0 Å². The van der Waals surface area contributed by atoms with E-state index in [4.69, 9.17) is 16.2 Å². The van der Waals surface area contributed by atoms with Crippen molar-refractivity contribution in [3.05, 3.63) is 29.8 Å². The molecule has 0 fully saturated rings. The molecule has 4 N–H and O–H groups in total. The van der Waals surface area contributed by atoms with Crippen LogP contribution in [0.5, 0.6) is 5.75 Å². The summed E-state index contributed by atoms with van der Waals surface area (Å²) in [6.45, 7) is 1.61. The average molecular weight is 208 g/mol. The van der Waals surface area contributed by atoms with Crippen molar-refractivity contribution in [2.24, 2.45) is 11.5 Å². The molecular weight excluding hydrogens is 192 g/mol. The van der Waals surface area contributed by atoms with Crippen molar-refractivity contribution in [2.75, 3.05) is 7.11 Å². The minimum absolute atomic E-state index is 0.367. The van der Waals surface area contributed by atoms with E-state index in [1.54, 1.807) is 14.0 Å². The number of carbonyl (C=O) groups excluding carboxylic acids is 1. The summed E-state index contributed by atoms with van der Waals surface area (Å²) < 4.78 is 5.16. The van der Waals surface area contributed by atoms with Crippen molar-refractivity contribution in [1.29, 1.82) is 0 Å². The molecule has 4 nitrogen and oxygen atoms in total. The van der Waals surface area contributed by atoms with Crippen LogP contribution in [0.3, 0.4) is 0 Å². The van der Waals surface area contributed by atoms with Gasteiger partial charge in [-0.15, -0.1) is 0 Å². The molecule has 0 aromatic heterocycles. The number of para-hydroxylation sites is 1. The standard InChI is InChI=1S/C11H16N2O2/c1-11(13,10(12)14)7-8-5-3-4-6-9(8)15-2/h3-6H,7,13H2,1-2H3,(H2,12,14). The Morgan fingerprint density at radius 3 is 2.60 bits per heavy atom. The van der Waals surface area contributed by atoms with Crippen LogP contribution in [0.1, 0.15) is 12.5 Å². The maximum Gasteiger partial charge on any atom is 0.237 e. The second-order valence-electron chi connectivity index (χ2n) is 3.77. The molecule has 0 aliphatic carbocycles. The van der Waals surface area contributed by atoms with Gasteiger partial charge in [-0.1, -0.05) is 18.2 Å². The minimum Gasteiger partial charge on any atom is -0.496 e. The number of methoxy groups -OCH3 is 1. The molecule has 15 heavy (non-hydrogen) atoms. The lowest BCUT2D eigenvalue weighted by Crippen LogP contribution is -2.51. The first-order valence-electron chi connectivity index (χ1n) is 4.68. The molecule has 1 rings (SSSR count). The molecule has 1 aromatic carbocycles. The van der Waals surface area contributed by atoms with Gasteiger partial charge in [-0.25, -0.2) is 0 Å². The lowest BCUT2D eigenvalue weighted by molar-refractivity contribution is -0.122. The topological polar surface area (TPSA) is 78.3 Å². The van der Waals surface area contributed by atoms with E-state index in [2.05, 4.69) is 0 Å². The van der Waals surface area contributed by atoms with E-state index in [0.717, 1.165) is 11.3 Å². The second-order valence-corrected chi connectivity index (χ2v) is 3.77. The summed E-state index contributed by atoms with van der Waals surface area (Å²) >= 11 is 0. The van der Waals surface area contributed by atoms with Crippen molar-refractivity contribution < 1.29 is 9.53 Å². The van der Waals surface area contributed by atoms with Gasteiger partial charge in [0.25, 0.3) is 0 Å². The van der Waals surface area contributed by atoms with Gasteiger partial charge in [0.05, 0.1) is 12.6 Å². The van der Waals surface area contributed by atoms with Gasteiger partial charge in [-0.05, 0) is 18.6 Å². The number of ether oxygens (including phenoxy) is 1. The number of hydrogen-bond donors (Lipinski definition) is 2. The van der Waals surface area contributed by atoms with Crippen LogP contribution >= 0.6 is 0 Å². The van der Waals surface area contributed by atoms with Gasteiger partial charge < -0.3 is 16.2 Å². The van der Waals surface area contributed by atoms with Gasteiger partial charge in [0, 0.05) is 6.42 Å². The molecule has 1 amide bonds. The third-order valence-electron chi connectivity index (χ3n) is 2.31. The normalized spacial score (nSPS) is 14.3. The molecule has 4 heteroatoms. The van der Waals surface area contributed by atoms with Crippen molar-refractivity contribution in [2.45, 2.75) is 18.9 Å². The molecule has 82 valence electrons. The highest BCUT2D eigenvalue weighted by molar-refractivity contribution is 5.84. The summed E-state index contributed by atoms with van der Waals surface area (Å²) in [6.07, 6.45) is 0.367. The summed E-state index contributed by atoms with van der Waals surface area (Å²) in [6, 6.07) is 7.43. The Morgan fingerprint density at radius 1 is 1.47 bits per heavy atom. The number of amides is 1. The number of primary amides is 1. The number of carbonyl (C=O) groups is 1. The smallest absolute Gasteiger partial charge is 0.237 e. The van der Waals surface area contributed by atoms with E-state index >= 15 is 0 Å². The van der Waals surface area contributed by atoms with E-state index in [1.807, 2.05) is 24.3 Å². The first-order valence-corrected chi connectivity index (χ1v) is 4.68. The van der Waals surface area contributed by atoms with Gasteiger partial charge in [0.2, 0.25) is 5.91 Å². The molecule has 0 saturated carbocycles. The van der Waals surface area contributed by atoms with Crippen LogP contribution in [0.15, 0.2) is 24.3 Å². The summed E-state index contributed by atoms with van der Waals surface area (Å²) in [5, 5.41) is 0. The van der Waals surface area contributed by atoms with Crippen LogP contribution in [0.25, 0.3) is 0 Å². The van der Waals surface area contributed by atoms with E-state index in [9.17, 15) is 4.79 Å². The SMILES string of the molecule is COc1ccccc1CC(C)(N)C(N)=O. The van der Waals surface area contributed by atoms with Crippen LogP contribution in [0.4, 0.5) is 0 Å². The Hall–Kier alpha value is -1.55. The maximum absolute atomic E-state index is 11.1. The van der Waals surface area contributed by atoms with Gasteiger partial charge in [0.1, 0.15) is 5.75 Å². The number of hydrogen-bond acceptors (Lipinski definition) is 3. The molecule has 1 unspecified atom stereocenters. The van der Waals surface area contributed by atoms with E-state index in [-0.39, 0.29) is 0 Å². The summed E-state index contributed by atoms with van der Waals surface area (Å²) in [5.41, 5.74) is 10.8. The minimum atomic E-state index is -1.05. The average Bonchev–Trinajstić information content (AvgIpc) is 2.18. The van der Waals surface area contributed by atoms with Gasteiger partial charge >= 0.3 is 0 Å². The Bertz CT molecular complexity index is 361. The molecule has 0 saturated heterocycles.